The highest BCUT2D eigenvalue weighted by molar-refractivity contribution is 5.80. The Morgan fingerprint density at radius 3 is 2.46 bits per heavy atom. The average molecular weight is 363 g/mol. The van der Waals surface area contributed by atoms with E-state index < -0.39 is 5.60 Å². The van der Waals surface area contributed by atoms with E-state index in [9.17, 15) is 9.59 Å². The molecule has 26 heavy (non-hydrogen) atoms. The van der Waals surface area contributed by atoms with Crippen LogP contribution in [0.4, 0.5) is 4.79 Å². The Bertz CT molecular complexity index is 656. The van der Waals surface area contributed by atoms with Crippen LogP contribution in [0.1, 0.15) is 64.0 Å². The van der Waals surface area contributed by atoms with Gasteiger partial charge in [0.15, 0.2) is 0 Å². The van der Waals surface area contributed by atoms with E-state index in [2.05, 4.69) is 5.16 Å². The van der Waals surface area contributed by atoms with Crippen molar-refractivity contribution in [3.05, 3.63) is 17.5 Å². The molecule has 0 aromatic carbocycles. The summed E-state index contributed by atoms with van der Waals surface area (Å²) in [6.07, 6.45) is 2.98. The van der Waals surface area contributed by atoms with E-state index in [1.54, 1.807) is 4.90 Å². The van der Waals surface area contributed by atoms with Crippen molar-refractivity contribution < 1.29 is 18.8 Å². The van der Waals surface area contributed by atoms with Gasteiger partial charge in [-0.3, -0.25) is 4.79 Å². The van der Waals surface area contributed by atoms with Gasteiger partial charge in [0.25, 0.3) is 0 Å². The topological polar surface area (TPSA) is 75.9 Å². The minimum atomic E-state index is -0.498. The highest BCUT2D eigenvalue weighted by atomic mass is 16.6. The molecule has 2 amide bonds. The van der Waals surface area contributed by atoms with E-state index >= 15 is 0 Å². The zero-order valence-electron chi connectivity index (χ0n) is 16.2. The second-order valence-electron chi connectivity index (χ2n) is 8.29. The summed E-state index contributed by atoms with van der Waals surface area (Å²) in [4.78, 5) is 28.9. The van der Waals surface area contributed by atoms with Crippen molar-refractivity contribution >= 4 is 12.0 Å². The number of hydrogen-bond acceptors (Lipinski definition) is 5. The van der Waals surface area contributed by atoms with Crippen molar-refractivity contribution in [2.75, 3.05) is 19.6 Å². The Kier molecular flexibility index (Phi) is 5.25. The van der Waals surface area contributed by atoms with Gasteiger partial charge >= 0.3 is 6.09 Å². The third kappa shape index (κ3) is 4.19. The molecular formula is C19H29N3O4. The molecule has 0 aliphatic carbocycles. The molecule has 3 rings (SSSR count). The highest BCUT2D eigenvalue weighted by Gasteiger charge is 2.37. The fourth-order valence-electron chi connectivity index (χ4n) is 3.75. The molecule has 1 aromatic heterocycles. The normalized spacial score (nSPS) is 21.9. The smallest absolute Gasteiger partial charge is 0.410 e. The summed E-state index contributed by atoms with van der Waals surface area (Å²) in [6, 6.07) is 1.94. The molecule has 2 saturated heterocycles. The van der Waals surface area contributed by atoms with Gasteiger partial charge in [-0.2, -0.15) is 0 Å². The first-order valence-electron chi connectivity index (χ1n) is 9.46. The van der Waals surface area contributed by atoms with Gasteiger partial charge in [0.1, 0.15) is 17.1 Å². The summed E-state index contributed by atoms with van der Waals surface area (Å²) >= 11 is 0. The van der Waals surface area contributed by atoms with E-state index in [-0.39, 0.29) is 24.0 Å². The molecule has 144 valence electrons. The minimum absolute atomic E-state index is 0.0174. The van der Waals surface area contributed by atoms with E-state index in [1.165, 1.54) is 0 Å². The zero-order chi connectivity index (χ0) is 18.9. The van der Waals surface area contributed by atoms with Crippen LogP contribution < -0.4 is 0 Å². The molecule has 0 saturated carbocycles. The lowest BCUT2D eigenvalue weighted by atomic mass is 9.95. The molecule has 0 radical (unpaired) electrons. The molecule has 2 aliphatic rings. The first kappa shape index (κ1) is 18.7. The van der Waals surface area contributed by atoms with Crippen LogP contribution in [0.15, 0.2) is 10.6 Å². The van der Waals surface area contributed by atoms with Gasteiger partial charge in [0.2, 0.25) is 5.91 Å². The molecular weight excluding hydrogens is 334 g/mol. The molecule has 0 bridgehead atoms. The monoisotopic (exact) mass is 363 g/mol. The van der Waals surface area contributed by atoms with Crippen LogP contribution >= 0.6 is 0 Å². The fraction of sp³-hybridized carbons (Fsp3) is 0.737. The summed E-state index contributed by atoms with van der Waals surface area (Å²) in [5, 5.41) is 4.11. The van der Waals surface area contributed by atoms with Crippen molar-refractivity contribution in [3.8, 4) is 0 Å². The van der Waals surface area contributed by atoms with Gasteiger partial charge < -0.3 is 19.1 Å². The number of aromatic nitrogens is 1. The quantitative estimate of drug-likeness (QED) is 0.806. The summed E-state index contributed by atoms with van der Waals surface area (Å²) in [5.74, 6) is 0.907. The molecule has 1 atom stereocenters. The van der Waals surface area contributed by atoms with Crippen LogP contribution in [0.2, 0.25) is 0 Å². The minimum Gasteiger partial charge on any atom is -0.444 e. The number of aryl methyl sites for hydroxylation is 1. The fourth-order valence-corrected chi connectivity index (χ4v) is 3.75. The lowest BCUT2D eigenvalue weighted by Gasteiger charge is -2.35. The molecule has 2 aliphatic heterocycles. The summed E-state index contributed by atoms with van der Waals surface area (Å²) < 4.78 is 10.6. The standard InChI is InChI=1S/C19H29N3O4/c1-13-12-15(20-26-13)16-6-5-9-22(16)17(23)14-7-10-21(11-8-14)18(24)25-19(2,3)4/h12,14,16H,5-11H2,1-4H3/t16-/m0/s1. The SMILES string of the molecule is Cc1cc([C@@H]2CCCN2C(=O)C2CCN(C(=O)OC(C)(C)C)CC2)no1. The summed E-state index contributed by atoms with van der Waals surface area (Å²) in [6.45, 7) is 9.34. The second kappa shape index (κ2) is 7.29. The molecule has 2 fully saturated rings. The lowest BCUT2D eigenvalue weighted by Crippen LogP contribution is -2.45. The molecule has 0 spiro atoms. The number of nitrogens with zero attached hydrogens (tertiary/aromatic N) is 3. The Balaban J connectivity index is 1.57. The highest BCUT2D eigenvalue weighted by Crippen LogP contribution is 2.34. The van der Waals surface area contributed by atoms with Gasteiger partial charge in [0.05, 0.1) is 6.04 Å². The van der Waals surface area contributed by atoms with Crippen LogP contribution in [0.25, 0.3) is 0 Å². The maximum Gasteiger partial charge on any atom is 0.410 e. The largest absolute Gasteiger partial charge is 0.444 e. The van der Waals surface area contributed by atoms with Crippen molar-refractivity contribution in [1.29, 1.82) is 0 Å². The van der Waals surface area contributed by atoms with Gasteiger partial charge in [-0.25, -0.2) is 4.79 Å². The van der Waals surface area contributed by atoms with Crippen LogP contribution in [0.5, 0.6) is 0 Å². The molecule has 0 N–H and O–H groups in total. The van der Waals surface area contributed by atoms with Crippen molar-refractivity contribution in [2.24, 2.45) is 5.92 Å². The number of carbonyl (C=O) groups excluding carboxylic acids is 2. The van der Waals surface area contributed by atoms with Crippen LogP contribution in [-0.4, -0.2) is 52.2 Å². The predicted molar refractivity (Wildman–Crippen MR) is 95.5 cm³/mol. The predicted octanol–water partition coefficient (Wildman–Crippen LogP) is 3.29. The number of hydrogen-bond donors (Lipinski definition) is 0. The van der Waals surface area contributed by atoms with Crippen LogP contribution in [0.3, 0.4) is 0 Å². The van der Waals surface area contributed by atoms with E-state index in [0.29, 0.717) is 25.9 Å². The number of carbonyl (C=O) groups is 2. The van der Waals surface area contributed by atoms with Crippen molar-refractivity contribution in [2.45, 2.75) is 65.0 Å². The summed E-state index contributed by atoms with van der Waals surface area (Å²) in [5.41, 5.74) is 0.349. The molecule has 1 aromatic rings. The maximum absolute atomic E-state index is 13.0. The first-order chi connectivity index (χ1) is 12.2. The van der Waals surface area contributed by atoms with Gasteiger partial charge in [-0.1, -0.05) is 5.16 Å². The van der Waals surface area contributed by atoms with E-state index in [0.717, 1.165) is 30.8 Å². The average Bonchev–Trinajstić information content (AvgIpc) is 3.21. The zero-order valence-corrected chi connectivity index (χ0v) is 16.2. The number of amides is 2. The molecule has 7 heteroatoms. The third-order valence-corrected chi connectivity index (χ3v) is 5.02. The van der Waals surface area contributed by atoms with Gasteiger partial charge in [0, 0.05) is 31.6 Å². The van der Waals surface area contributed by atoms with Crippen LogP contribution in [0, 0.1) is 12.8 Å². The van der Waals surface area contributed by atoms with Crippen molar-refractivity contribution in [3.63, 3.8) is 0 Å². The maximum atomic E-state index is 13.0. The Morgan fingerprint density at radius 2 is 1.88 bits per heavy atom. The summed E-state index contributed by atoms with van der Waals surface area (Å²) in [7, 11) is 0. The Morgan fingerprint density at radius 1 is 1.19 bits per heavy atom. The number of ether oxygens (including phenoxy) is 1. The Hall–Kier alpha value is -2.05. The number of likely N-dealkylation sites (tertiary alicyclic amines) is 2. The van der Waals surface area contributed by atoms with Gasteiger partial charge in [-0.15, -0.1) is 0 Å². The number of rotatable bonds is 2. The molecule has 3 heterocycles. The van der Waals surface area contributed by atoms with Gasteiger partial charge in [-0.05, 0) is 53.4 Å². The molecule has 0 unspecified atom stereocenters. The third-order valence-electron chi connectivity index (χ3n) is 5.02. The van der Waals surface area contributed by atoms with E-state index in [4.69, 9.17) is 9.26 Å². The first-order valence-corrected chi connectivity index (χ1v) is 9.46. The lowest BCUT2D eigenvalue weighted by molar-refractivity contribution is -0.138. The number of piperidine rings is 1. The van der Waals surface area contributed by atoms with Crippen molar-refractivity contribution in [1.82, 2.24) is 15.0 Å². The second-order valence-corrected chi connectivity index (χ2v) is 8.29. The van der Waals surface area contributed by atoms with E-state index in [1.807, 2.05) is 38.7 Å². The molecule has 7 nitrogen and oxygen atoms in total. The van der Waals surface area contributed by atoms with Crippen LogP contribution in [-0.2, 0) is 9.53 Å². The Labute approximate surface area is 154 Å².